The van der Waals surface area contributed by atoms with Crippen LogP contribution >= 0.6 is 0 Å². The Hall–Kier alpha value is -3.54. The summed E-state index contributed by atoms with van der Waals surface area (Å²) < 4.78 is 0. The second-order valence-corrected chi connectivity index (χ2v) is 12.4. The number of aliphatic hydroxyl groups is 2. The van der Waals surface area contributed by atoms with Crippen LogP contribution in [0.5, 0.6) is 0 Å². The van der Waals surface area contributed by atoms with Crippen molar-refractivity contribution in [3.63, 3.8) is 0 Å². The molecule has 1 saturated heterocycles. The van der Waals surface area contributed by atoms with Gasteiger partial charge in [-0.3, -0.25) is 14.9 Å². The number of nitrogens with one attached hydrogen (secondary N) is 3. The first kappa shape index (κ1) is 33.4. The third-order valence-electron chi connectivity index (χ3n) is 9.82. The van der Waals surface area contributed by atoms with Gasteiger partial charge >= 0.3 is 11.9 Å². The highest BCUT2D eigenvalue weighted by molar-refractivity contribution is 6.19. The summed E-state index contributed by atoms with van der Waals surface area (Å²) in [4.78, 5) is 46.9. The fraction of sp³-hybridized carbons (Fsp3) is 0.576. The summed E-state index contributed by atoms with van der Waals surface area (Å²) in [5.74, 6) is -2.05. The number of carboxylic acids is 2. The Kier molecular flexibility index (Phi) is 10.3. The minimum Gasteiger partial charge on any atom is -0.481 e. The van der Waals surface area contributed by atoms with Gasteiger partial charge in [0.2, 0.25) is 0 Å². The van der Waals surface area contributed by atoms with Crippen LogP contribution in [0.15, 0.2) is 16.1 Å². The molecule has 1 amide bonds. The van der Waals surface area contributed by atoms with Gasteiger partial charge in [0, 0.05) is 66.5 Å². The van der Waals surface area contributed by atoms with Gasteiger partial charge in [0.05, 0.1) is 5.71 Å². The van der Waals surface area contributed by atoms with Crippen molar-refractivity contribution in [1.29, 1.82) is 0 Å². The number of aromatic nitrogens is 2. The topological polar surface area (TPSA) is 188 Å². The summed E-state index contributed by atoms with van der Waals surface area (Å²) >= 11 is 0. The minimum absolute atomic E-state index is 0.0427. The van der Waals surface area contributed by atoms with Crippen molar-refractivity contribution in [3.05, 3.63) is 56.2 Å². The lowest BCUT2D eigenvalue weighted by Gasteiger charge is -2.20. The third-order valence-corrected chi connectivity index (χ3v) is 9.82. The normalized spacial score (nSPS) is 22.6. The van der Waals surface area contributed by atoms with E-state index in [0.29, 0.717) is 49.0 Å². The van der Waals surface area contributed by atoms with Crippen LogP contribution < -0.4 is 5.32 Å². The molecule has 0 aromatic carbocycles. The van der Waals surface area contributed by atoms with Gasteiger partial charge in [0.15, 0.2) is 6.10 Å². The molecule has 2 aromatic rings. The molecule has 0 bridgehead atoms. The molecule has 2 aliphatic heterocycles. The maximum absolute atomic E-state index is 12.4. The molecule has 2 aliphatic rings. The minimum atomic E-state index is -1.60. The first-order valence-electron chi connectivity index (χ1n) is 15.5. The Bertz CT molecular complexity index is 1500. The Labute approximate surface area is 257 Å². The molecule has 2 aromatic heterocycles. The van der Waals surface area contributed by atoms with Gasteiger partial charge in [0.1, 0.15) is 6.23 Å². The Morgan fingerprint density at radius 2 is 1.59 bits per heavy atom. The number of carbonyl (C=O) groups excluding carboxylic acids is 1. The predicted octanol–water partition coefficient (Wildman–Crippen LogP) is 3.30. The number of rotatable bonds is 14. The average molecular weight is 611 g/mol. The Morgan fingerprint density at radius 3 is 2.18 bits per heavy atom. The molecule has 5 atom stereocenters. The van der Waals surface area contributed by atoms with Crippen molar-refractivity contribution < 1.29 is 34.8 Å². The smallest absolute Gasteiger partial charge is 0.332 e. The zero-order valence-electron chi connectivity index (χ0n) is 26.5. The van der Waals surface area contributed by atoms with Gasteiger partial charge in [-0.2, -0.15) is 0 Å². The number of allylic oxidation sites excluding steroid dienone is 1. The second kappa shape index (κ2) is 13.6. The van der Waals surface area contributed by atoms with Gasteiger partial charge in [0.25, 0.3) is 5.91 Å². The second-order valence-electron chi connectivity index (χ2n) is 12.4. The van der Waals surface area contributed by atoms with E-state index in [9.17, 15) is 34.8 Å². The summed E-state index contributed by atoms with van der Waals surface area (Å²) in [5, 5.41) is 43.1. The van der Waals surface area contributed by atoms with Crippen molar-refractivity contribution in [2.24, 2.45) is 16.8 Å². The van der Waals surface area contributed by atoms with E-state index in [-0.39, 0.29) is 36.6 Å². The average Bonchev–Trinajstić information content (AvgIpc) is 3.60. The zero-order chi connectivity index (χ0) is 32.5. The van der Waals surface area contributed by atoms with E-state index in [0.717, 1.165) is 51.5 Å². The molecule has 44 heavy (non-hydrogen) atoms. The Morgan fingerprint density at radius 1 is 0.955 bits per heavy atom. The number of aliphatic hydroxyl groups excluding tert-OH is 2. The first-order valence-corrected chi connectivity index (χ1v) is 15.5. The van der Waals surface area contributed by atoms with Crippen LogP contribution in [0, 0.1) is 25.7 Å². The van der Waals surface area contributed by atoms with Crippen LogP contribution in [-0.2, 0) is 46.5 Å². The maximum Gasteiger partial charge on any atom is 0.332 e. The van der Waals surface area contributed by atoms with Crippen LogP contribution in [0.2, 0.25) is 0 Å². The Balaban J connectivity index is 1.73. The number of carbonyl (C=O) groups is 3. The molecular formula is C33H46N4O7. The number of nitrogens with zero attached hydrogens (tertiary/aromatic N) is 1. The van der Waals surface area contributed by atoms with Gasteiger partial charge in [-0.25, -0.2) is 9.79 Å². The van der Waals surface area contributed by atoms with Crippen LogP contribution in [0.3, 0.4) is 0 Å². The lowest BCUT2D eigenvalue weighted by atomic mass is 9.86. The van der Waals surface area contributed by atoms with Crippen LogP contribution in [0.4, 0.5) is 0 Å². The first-order chi connectivity index (χ1) is 20.8. The van der Waals surface area contributed by atoms with Gasteiger partial charge < -0.3 is 30.4 Å². The molecule has 0 radical (unpaired) electrons. The quantitative estimate of drug-likeness (QED) is 0.170. The van der Waals surface area contributed by atoms with E-state index in [1.807, 2.05) is 34.6 Å². The molecule has 4 heterocycles. The molecule has 11 heteroatoms. The summed E-state index contributed by atoms with van der Waals surface area (Å²) in [7, 11) is 0. The van der Waals surface area contributed by atoms with E-state index in [4.69, 9.17) is 0 Å². The van der Waals surface area contributed by atoms with Crippen LogP contribution in [0.25, 0.3) is 0 Å². The number of carboxylic acid groups (broad SMARTS) is 2. The molecule has 0 aliphatic carbocycles. The summed E-state index contributed by atoms with van der Waals surface area (Å²) in [6, 6.07) is 0.0577. The summed E-state index contributed by atoms with van der Waals surface area (Å²) in [6.07, 6.45) is 0.834. The SMILES string of the molecule is CCC1=C(C)C(Cc2[nH]c(Cc3[nH]c(C[C@H]4N[C@H](O)[C@H](C)[C@H]4CC)c(C)c3CCC(=O)O)c(C[C@H](O)C(=O)O)c2C)=NC1=O. The highest BCUT2D eigenvalue weighted by Gasteiger charge is 2.38. The number of aliphatic carboxylic acids is 2. The molecule has 0 saturated carbocycles. The molecule has 7 N–H and O–H groups in total. The number of aliphatic imine (C=N–C) groups is 1. The van der Waals surface area contributed by atoms with Crippen molar-refractivity contribution in [2.45, 2.75) is 111 Å². The lowest BCUT2D eigenvalue weighted by Crippen LogP contribution is -2.33. The monoisotopic (exact) mass is 610 g/mol. The molecule has 0 unspecified atom stereocenters. The van der Waals surface area contributed by atoms with Crippen LogP contribution in [-0.4, -0.2) is 72.3 Å². The molecule has 240 valence electrons. The number of H-pyrrole nitrogens is 2. The zero-order valence-corrected chi connectivity index (χ0v) is 26.5. The van der Waals surface area contributed by atoms with Gasteiger partial charge in [-0.05, 0) is 73.3 Å². The van der Waals surface area contributed by atoms with Gasteiger partial charge in [-0.15, -0.1) is 0 Å². The lowest BCUT2D eigenvalue weighted by molar-refractivity contribution is -0.146. The van der Waals surface area contributed by atoms with Gasteiger partial charge in [-0.1, -0.05) is 27.2 Å². The summed E-state index contributed by atoms with van der Waals surface area (Å²) in [5.41, 5.74) is 8.87. The van der Waals surface area contributed by atoms with E-state index >= 15 is 0 Å². The number of amides is 1. The number of aromatic amines is 2. The third kappa shape index (κ3) is 6.74. The molecule has 11 nitrogen and oxygen atoms in total. The van der Waals surface area contributed by atoms with Crippen molar-refractivity contribution in [2.75, 3.05) is 0 Å². The van der Waals surface area contributed by atoms with Crippen molar-refractivity contribution in [1.82, 2.24) is 15.3 Å². The van der Waals surface area contributed by atoms with E-state index in [2.05, 4.69) is 27.2 Å². The van der Waals surface area contributed by atoms with E-state index in [1.54, 1.807) is 0 Å². The highest BCUT2D eigenvalue weighted by Crippen LogP contribution is 2.33. The molecule has 0 spiro atoms. The summed E-state index contributed by atoms with van der Waals surface area (Å²) in [6.45, 7) is 11.8. The fourth-order valence-corrected chi connectivity index (χ4v) is 7.05. The fourth-order valence-electron chi connectivity index (χ4n) is 7.05. The highest BCUT2D eigenvalue weighted by atomic mass is 16.4. The number of hydrogen-bond donors (Lipinski definition) is 7. The largest absolute Gasteiger partial charge is 0.481 e. The molecule has 4 rings (SSSR count). The number of hydrogen-bond acceptors (Lipinski definition) is 6. The maximum atomic E-state index is 12.4. The van der Waals surface area contributed by atoms with E-state index in [1.165, 1.54) is 0 Å². The van der Waals surface area contributed by atoms with Crippen molar-refractivity contribution in [3.8, 4) is 0 Å². The van der Waals surface area contributed by atoms with Crippen molar-refractivity contribution >= 4 is 23.6 Å². The predicted molar refractivity (Wildman–Crippen MR) is 166 cm³/mol. The van der Waals surface area contributed by atoms with E-state index < -0.39 is 24.3 Å². The standard InChI is InChI=1S/C33H46N4O7/c1-7-19-18(6)31(41)37-26(19)13-24-16(4)21(9-10-30(39)40)27(34-24)14-28-22(11-29(38)33(43)44)17(5)23(35-28)12-25-15(3)20(8-2)32(42)36-25/h18-19,26,29,31,34-35,37-38,41H,7-14H2,1-6H3,(H,39,40)(H,43,44)/t18-,19-,26-,29+,31-/m1/s1. The van der Waals surface area contributed by atoms with Crippen LogP contribution in [0.1, 0.15) is 92.0 Å². The molecule has 1 fully saturated rings. The molecular weight excluding hydrogens is 564 g/mol.